The summed E-state index contributed by atoms with van der Waals surface area (Å²) in [6, 6.07) is 10.2. The Hall–Kier alpha value is -1.19. The van der Waals surface area contributed by atoms with Crippen molar-refractivity contribution in [2.75, 3.05) is 19.4 Å². The van der Waals surface area contributed by atoms with E-state index in [4.69, 9.17) is 11.6 Å². The zero-order valence-corrected chi connectivity index (χ0v) is 16.8. The van der Waals surface area contributed by atoms with Gasteiger partial charge in [0.15, 0.2) is 0 Å². The Morgan fingerprint density at radius 3 is 2.27 bits per heavy atom. The fraction of sp³-hybridized carbons (Fsp3) is 0.412. The first-order valence-corrected chi connectivity index (χ1v) is 11.9. The first-order valence-electron chi connectivity index (χ1n) is 8.22. The minimum Gasteiger partial charge on any atom is -0.270 e. The van der Waals surface area contributed by atoms with Crippen LogP contribution in [0.2, 0.25) is 5.02 Å². The molecule has 0 heterocycles. The van der Waals surface area contributed by atoms with Gasteiger partial charge in [0, 0.05) is 22.3 Å². The summed E-state index contributed by atoms with van der Waals surface area (Å²) in [5, 5.41) is 1.80. The van der Waals surface area contributed by atoms with Crippen LogP contribution < -0.4 is 4.72 Å². The highest BCUT2D eigenvalue weighted by Crippen LogP contribution is 2.29. The highest BCUT2D eigenvalue weighted by molar-refractivity contribution is 7.89. The number of hydrogen-bond donors (Lipinski definition) is 1. The number of sulfonamides is 1. The third kappa shape index (κ3) is 6.21. The maximum atomic E-state index is 12.6. The van der Waals surface area contributed by atoms with Crippen LogP contribution in [0.5, 0.6) is 0 Å². The van der Waals surface area contributed by atoms with Crippen LogP contribution in [0.4, 0.5) is 0 Å². The van der Waals surface area contributed by atoms with Crippen molar-refractivity contribution in [3.63, 3.8) is 0 Å². The molecule has 9 heteroatoms. The molecule has 0 fully saturated rings. The van der Waals surface area contributed by atoms with Gasteiger partial charge in [-0.25, -0.2) is 13.1 Å². The molecule has 0 spiro atoms. The van der Waals surface area contributed by atoms with E-state index in [1.54, 1.807) is 24.3 Å². The second-order valence-electron chi connectivity index (χ2n) is 5.93. The lowest BCUT2D eigenvalue weighted by Crippen LogP contribution is -2.25. The Bertz CT molecular complexity index is 958. The van der Waals surface area contributed by atoms with Crippen molar-refractivity contribution in [3.05, 3.63) is 41.4 Å². The van der Waals surface area contributed by atoms with Crippen molar-refractivity contribution in [3.8, 4) is 0 Å². The van der Waals surface area contributed by atoms with Crippen molar-refractivity contribution >= 4 is 42.5 Å². The van der Waals surface area contributed by atoms with Gasteiger partial charge in [-0.1, -0.05) is 48.7 Å². The van der Waals surface area contributed by atoms with E-state index in [2.05, 4.69) is 8.91 Å². The second-order valence-corrected chi connectivity index (χ2v) is 9.72. The monoisotopic (exact) mass is 419 g/mol. The summed E-state index contributed by atoms with van der Waals surface area (Å²) in [6.07, 6.45) is 3.83. The van der Waals surface area contributed by atoms with Gasteiger partial charge >= 0.3 is 0 Å². The van der Waals surface area contributed by atoms with Crippen molar-refractivity contribution in [1.82, 2.24) is 4.72 Å². The van der Waals surface area contributed by atoms with Gasteiger partial charge in [-0.2, -0.15) is 8.42 Å². The zero-order chi connectivity index (χ0) is 19.2. The molecule has 0 amide bonds. The lowest BCUT2D eigenvalue weighted by atomic mass is 10.1. The maximum absolute atomic E-state index is 12.6. The van der Waals surface area contributed by atoms with Gasteiger partial charge < -0.3 is 0 Å². The molecule has 0 atom stereocenters. The number of benzene rings is 2. The molecule has 2 aromatic carbocycles. The normalized spacial score (nSPS) is 12.5. The molecule has 26 heavy (non-hydrogen) atoms. The van der Waals surface area contributed by atoms with Gasteiger partial charge in [0.1, 0.15) is 0 Å². The molecular weight excluding hydrogens is 398 g/mol. The minimum absolute atomic E-state index is 0.154. The van der Waals surface area contributed by atoms with Gasteiger partial charge in [0.25, 0.3) is 10.1 Å². The van der Waals surface area contributed by atoms with Gasteiger partial charge in [-0.15, -0.1) is 0 Å². The fourth-order valence-corrected chi connectivity index (χ4v) is 4.48. The fourth-order valence-electron chi connectivity index (χ4n) is 2.54. The molecule has 144 valence electrons. The molecule has 0 saturated heterocycles. The quantitative estimate of drug-likeness (QED) is 0.471. The predicted molar refractivity (Wildman–Crippen MR) is 103 cm³/mol. The topological polar surface area (TPSA) is 89.5 Å². The van der Waals surface area contributed by atoms with E-state index in [1.165, 1.54) is 6.07 Å². The molecule has 0 radical (unpaired) electrons. The molecule has 0 bridgehead atoms. The molecular formula is C17H22ClNO5S2. The summed E-state index contributed by atoms with van der Waals surface area (Å²) in [6.45, 7) is 0.466. The molecule has 1 N–H and O–H groups in total. The molecule has 2 rings (SSSR count). The molecule has 0 aliphatic heterocycles. The largest absolute Gasteiger partial charge is 0.270 e. The minimum atomic E-state index is -3.63. The van der Waals surface area contributed by atoms with E-state index in [-0.39, 0.29) is 11.5 Å². The van der Waals surface area contributed by atoms with E-state index < -0.39 is 20.1 Å². The van der Waals surface area contributed by atoms with Crippen molar-refractivity contribution < 1.29 is 21.0 Å². The smallest absolute Gasteiger partial charge is 0.264 e. The van der Waals surface area contributed by atoms with Crippen LogP contribution in [0.3, 0.4) is 0 Å². The molecule has 2 aromatic rings. The molecule has 6 nitrogen and oxygen atoms in total. The lowest BCUT2D eigenvalue weighted by molar-refractivity contribution is 0.310. The summed E-state index contributed by atoms with van der Waals surface area (Å²) in [4.78, 5) is 0.207. The van der Waals surface area contributed by atoms with Crippen LogP contribution in [-0.2, 0) is 24.3 Å². The molecule has 0 saturated carbocycles. The number of unbranched alkanes of at least 4 members (excludes halogenated alkanes) is 3. The zero-order valence-electron chi connectivity index (χ0n) is 14.4. The SMILES string of the molecule is CS(=O)(=O)OCCCCCCNS(=O)(=O)c1ccc(Cl)c2ccccc12. The van der Waals surface area contributed by atoms with Crippen LogP contribution in [0.1, 0.15) is 25.7 Å². The summed E-state index contributed by atoms with van der Waals surface area (Å²) in [7, 11) is -7.03. The average Bonchev–Trinajstić information content (AvgIpc) is 2.56. The summed E-state index contributed by atoms with van der Waals surface area (Å²) < 4.78 is 54.0. The van der Waals surface area contributed by atoms with Gasteiger partial charge in [0.05, 0.1) is 17.8 Å². The number of halogens is 1. The number of hydrogen-bond acceptors (Lipinski definition) is 5. The van der Waals surface area contributed by atoms with Crippen LogP contribution >= 0.6 is 11.6 Å². The molecule has 0 aromatic heterocycles. The average molecular weight is 420 g/mol. The van der Waals surface area contributed by atoms with Gasteiger partial charge in [0.2, 0.25) is 10.0 Å². The van der Waals surface area contributed by atoms with Crippen molar-refractivity contribution in [2.45, 2.75) is 30.6 Å². The number of nitrogens with one attached hydrogen (secondary N) is 1. The van der Waals surface area contributed by atoms with Crippen LogP contribution in [0.25, 0.3) is 10.8 Å². The summed E-state index contributed by atoms with van der Waals surface area (Å²) in [5.41, 5.74) is 0. The van der Waals surface area contributed by atoms with E-state index in [1.807, 2.05) is 6.07 Å². The first-order chi connectivity index (χ1) is 12.2. The van der Waals surface area contributed by atoms with Crippen LogP contribution in [-0.4, -0.2) is 36.2 Å². The Morgan fingerprint density at radius 1 is 0.923 bits per heavy atom. The van der Waals surface area contributed by atoms with E-state index >= 15 is 0 Å². The predicted octanol–water partition coefficient (Wildman–Crippen LogP) is 3.31. The van der Waals surface area contributed by atoms with E-state index in [9.17, 15) is 16.8 Å². The Balaban J connectivity index is 1.86. The standard InChI is InChI=1S/C17H22ClNO5S2/c1-25(20,21)24-13-7-3-2-6-12-19-26(22,23)17-11-10-16(18)14-8-4-5-9-15(14)17/h4-5,8-11,19H,2-3,6-7,12-13H2,1H3. The van der Waals surface area contributed by atoms with Gasteiger partial charge in [-0.05, 0) is 25.0 Å². The number of fused-ring (bicyclic) bond motifs is 1. The lowest BCUT2D eigenvalue weighted by Gasteiger charge is -2.10. The summed E-state index contributed by atoms with van der Waals surface area (Å²) in [5.74, 6) is 0. The Morgan fingerprint density at radius 2 is 1.58 bits per heavy atom. The van der Waals surface area contributed by atoms with Crippen molar-refractivity contribution in [1.29, 1.82) is 0 Å². The second kappa shape index (κ2) is 9.14. The Labute approximate surface area is 159 Å². The maximum Gasteiger partial charge on any atom is 0.264 e. The Kier molecular flexibility index (Phi) is 7.42. The van der Waals surface area contributed by atoms with E-state index in [0.29, 0.717) is 35.2 Å². The van der Waals surface area contributed by atoms with Crippen LogP contribution in [0.15, 0.2) is 41.3 Å². The summed E-state index contributed by atoms with van der Waals surface area (Å²) >= 11 is 6.13. The molecule has 0 aliphatic rings. The highest BCUT2D eigenvalue weighted by Gasteiger charge is 2.17. The third-order valence-corrected chi connectivity index (χ3v) is 6.22. The van der Waals surface area contributed by atoms with Gasteiger partial charge in [-0.3, -0.25) is 4.18 Å². The van der Waals surface area contributed by atoms with Crippen LogP contribution in [0, 0.1) is 0 Å². The molecule has 0 aliphatic carbocycles. The third-order valence-electron chi connectivity index (χ3n) is 3.78. The molecule has 0 unspecified atom stereocenters. The highest BCUT2D eigenvalue weighted by atomic mass is 35.5. The first kappa shape index (κ1) is 21.1. The van der Waals surface area contributed by atoms with Crippen molar-refractivity contribution in [2.24, 2.45) is 0 Å². The number of rotatable bonds is 10. The van der Waals surface area contributed by atoms with E-state index in [0.717, 1.165) is 19.1 Å².